The fourth-order valence-corrected chi connectivity index (χ4v) is 2.71. The molecule has 0 atom stereocenters. The average Bonchev–Trinajstić information content (AvgIpc) is 2.67. The molecule has 148 valence electrons. The number of nitrogens with one attached hydrogen (secondary N) is 1. The highest BCUT2D eigenvalue weighted by atomic mass is 35.5. The number of nitrogens with zero attached hydrogens (tertiary/aromatic N) is 1. The van der Waals surface area contributed by atoms with Crippen LogP contribution in [0.15, 0.2) is 54.6 Å². The molecule has 0 spiro atoms. The molecule has 0 saturated carbocycles. The zero-order valence-electron chi connectivity index (χ0n) is 15.9. The molecule has 2 aromatic rings. The van der Waals surface area contributed by atoms with E-state index in [0.717, 1.165) is 5.69 Å². The SMILES string of the molecule is CC(C)N(C(=O)COC(=O)CCNC(=O)c1ccc(Cl)cc1)c1ccccc1. The minimum atomic E-state index is -0.554. The number of carbonyl (C=O) groups excluding carboxylic acids is 3. The number of anilines is 1. The zero-order valence-corrected chi connectivity index (χ0v) is 16.6. The van der Waals surface area contributed by atoms with Crippen molar-refractivity contribution in [2.24, 2.45) is 0 Å². The molecule has 1 N–H and O–H groups in total. The van der Waals surface area contributed by atoms with Crippen LogP contribution < -0.4 is 10.2 Å². The molecular formula is C21H23ClN2O4. The molecule has 0 unspecified atom stereocenters. The number of ether oxygens (including phenoxy) is 1. The van der Waals surface area contributed by atoms with Gasteiger partial charge in [0.25, 0.3) is 11.8 Å². The number of halogens is 1. The van der Waals surface area contributed by atoms with Crippen molar-refractivity contribution in [3.8, 4) is 0 Å². The summed E-state index contributed by atoms with van der Waals surface area (Å²) in [6.07, 6.45) is -0.0281. The van der Waals surface area contributed by atoms with Crippen LogP contribution >= 0.6 is 11.6 Å². The summed E-state index contributed by atoms with van der Waals surface area (Å²) in [5.41, 5.74) is 1.19. The Morgan fingerprint density at radius 1 is 1.04 bits per heavy atom. The van der Waals surface area contributed by atoms with Crippen LogP contribution in [0.25, 0.3) is 0 Å². The first-order valence-electron chi connectivity index (χ1n) is 8.95. The summed E-state index contributed by atoms with van der Waals surface area (Å²) < 4.78 is 5.06. The number of benzene rings is 2. The third-order valence-electron chi connectivity index (χ3n) is 3.90. The Balaban J connectivity index is 1.77. The van der Waals surface area contributed by atoms with E-state index in [1.165, 1.54) is 0 Å². The number of hydrogen-bond donors (Lipinski definition) is 1. The number of amides is 2. The number of esters is 1. The Morgan fingerprint density at radius 2 is 1.68 bits per heavy atom. The molecule has 0 radical (unpaired) electrons. The highest BCUT2D eigenvalue weighted by molar-refractivity contribution is 6.30. The maximum Gasteiger partial charge on any atom is 0.308 e. The Labute approximate surface area is 169 Å². The quantitative estimate of drug-likeness (QED) is 0.686. The molecule has 0 aliphatic carbocycles. The van der Waals surface area contributed by atoms with Crippen LogP contribution in [0.1, 0.15) is 30.6 Å². The average molecular weight is 403 g/mol. The summed E-state index contributed by atoms with van der Waals surface area (Å²) in [5, 5.41) is 3.16. The molecule has 0 aromatic heterocycles. The van der Waals surface area contributed by atoms with Gasteiger partial charge in [0, 0.05) is 28.9 Å². The van der Waals surface area contributed by atoms with Crippen LogP contribution in [0.4, 0.5) is 5.69 Å². The normalized spacial score (nSPS) is 10.4. The summed E-state index contributed by atoms with van der Waals surface area (Å²) in [6, 6.07) is 15.5. The van der Waals surface area contributed by atoms with Gasteiger partial charge in [0.15, 0.2) is 6.61 Å². The molecule has 0 aliphatic rings. The van der Waals surface area contributed by atoms with E-state index in [1.54, 1.807) is 29.2 Å². The largest absolute Gasteiger partial charge is 0.455 e. The van der Waals surface area contributed by atoms with Crippen molar-refractivity contribution < 1.29 is 19.1 Å². The number of para-hydroxylation sites is 1. The topological polar surface area (TPSA) is 75.7 Å². The Kier molecular flexibility index (Phi) is 8.02. The van der Waals surface area contributed by atoms with E-state index in [0.29, 0.717) is 10.6 Å². The molecule has 28 heavy (non-hydrogen) atoms. The molecular weight excluding hydrogens is 380 g/mol. The second-order valence-corrected chi connectivity index (χ2v) is 6.80. The highest BCUT2D eigenvalue weighted by Crippen LogP contribution is 2.16. The monoisotopic (exact) mass is 402 g/mol. The van der Waals surface area contributed by atoms with Gasteiger partial charge in [-0.3, -0.25) is 14.4 Å². The van der Waals surface area contributed by atoms with E-state index < -0.39 is 5.97 Å². The van der Waals surface area contributed by atoms with Crippen LogP contribution in [0.3, 0.4) is 0 Å². The molecule has 0 bridgehead atoms. The zero-order chi connectivity index (χ0) is 20.5. The second kappa shape index (κ2) is 10.5. The summed E-state index contributed by atoms with van der Waals surface area (Å²) >= 11 is 5.78. The number of rotatable bonds is 8. The van der Waals surface area contributed by atoms with E-state index in [4.69, 9.17) is 16.3 Å². The van der Waals surface area contributed by atoms with Crippen molar-refractivity contribution in [3.05, 3.63) is 65.2 Å². The molecule has 0 fully saturated rings. The minimum absolute atomic E-state index is 0.0281. The summed E-state index contributed by atoms with van der Waals surface area (Å²) in [6.45, 7) is 3.54. The van der Waals surface area contributed by atoms with Gasteiger partial charge in [-0.05, 0) is 50.2 Å². The fourth-order valence-electron chi connectivity index (χ4n) is 2.58. The highest BCUT2D eigenvalue weighted by Gasteiger charge is 2.20. The van der Waals surface area contributed by atoms with Gasteiger partial charge in [-0.2, -0.15) is 0 Å². The van der Waals surface area contributed by atoms with Gasteiger partial charge in [0.05, 0.1) is 6.42 Å². The first-order valence-corrected chi connectivity index (χ1v) is 9.32. The summed E-state index contributed by atoms with van der Waals surface area (Å²) in [4.78, 5) is 37.9. The maximum atomic E-state index is 12.5. The molecule has 2 aromatic carbocycles. The molecule has 2 rings (SSSR count). The van der Waals surface area contributed by atoms with E-state index in [9.17, 15) is 14.4 Å². The number of hydrogen-bond acceptors (Lipinski definition) is 4. The standard InChI is InChI=1S/C21H23ClN2O4/c1-15(2)24(18-6-4-3-5-7-18)19(25)14-28-20(26)12-13-23-21(27)16-8-10-17(22)11-9-16/h3-11,15H,12-14H2,1-2H3,(H,23,27). The lowest BCUT2D eigenvalue weighted by Gasteiger charge is -2.26. The lowest BCUT2D eigenvalue weighted by atomic mass is 10.2. The molecule has 0 saturated heterocycles. The van der Waals surface area contributed by atoms with Crippen LogP contribution in [0.5, 0.6) is 0 Å². The van der Waals surface area contributed by atoms with Gasteiger partial charge in [0.2, 0.25) is 0 Å². The summed E-state index contributed by atoms with van der Waals surface area (Å²) in [5.74, 6) is -1.17. The predicted molar refractivity (Wildman–Crippen MR) is 108 cm³/mol. The lowest BCUT2D eigenvalue weighted by Crippen LogP contribution is -2.40. The van der Waals surface area contributed by atoms with Crippen molar-refractivity contribution >= 4 is 35.1 Å². The third-order valence-corrected chi connectivity index (χ3v) is 4.15. The first-order chi connectivity index (χ1) is 13.4. The van der Waals surface area contributed by atoms with E-state index in [2.05, 4.69) is 5.32 Å². The number of carbonyl (C=O) groups is 3. The van der Waals surface area contributed by atoms with Crippen molar-refractivity contribution in [3.63, 3.8) is 0 Å². The smallest absolute Gasteiger partial charge is 0.308 e. The molecule has 0 heterocycles. The Morgan fingerprint density at radius 3 is 2.29 bits per heavy atom. The van der Waals surface area contributed by atoms with Gasteiger partial charge in [-0.15, -0.1) is 0 Å². The Bertz CT molecular complexity index is 807. The van der Waals surface area contributed by atoms with Crippen LogP contribution in [-0.2, 0) is 14.3 Å². The van der Waals surface area contributed by atoms with E-state index in [1.807, 2.05) is 44.2 Å². The van der Waals surface area contributed by atoms with Crippen molar-refractivity contribution in [2.45, 2.75) is 26.3 Å². The van der Waals surface area contributed by atoms with Crippen molar-refractivity contribution in [1.82, 2.24) is 5.32 Å². The van der Waals surface area contributed by atoms with E-state index >= 15 is 0 Å². The minimum Gasteiger partial charge on any atom is -0.455 e. The van der Waals surface area contributed by atoms with Crippen LogP contribution in [0, 0.1) is 0 Å². The van der Waals surface area contributed by atoms with Crippen molar-refractivity contribution in [1.29, 1.82) is 0 Å². The molecule has 6 nitrogen and oxygen atoms in total. The van der Waals surface area contributed by atoms with Crippen LogP contribution in [-0.4, -0.2) is 37.0 Å². The van der Waals surface area contributed by atoms with Gasteiger partial charge in [-0.1, -0.05) is 29.8 Å². The maximum absolute atomic E-state index is 12.5. The molecule has 2 amide bonds. The third kappa shape index (κ3) is 6.39. The van der Waals surface area contributed by atoms with Gasteiger partial charge < -0.3 is 15.0 Å². The first kappa shape index (κ1) is 21.4. The molecule has 7 heteroatoms. The van der Waals surface area contributed by atoms with Gasteiger partial charge in [-0.25, -0.2) is 0 Å². The lowest BCUT2D eigenvalue weighted by molar-refractivity contribution is -0.147. The van der Waals surface area contributed by atoms with Crippen LogP contribution in [0.2, 0.25) is 5.02 Å². The van der Waals surface area contributed by atoms with Crippen molar-refractivity contribution in [2.75, 3.05) is 18.1 Å². The van der Waals surface area contributed by atoms with E-state index in [-0.39, 0.29) is 37.4 Å². The van der Waals surface area contributed by atoms with Gasteiger partial charge in [0.1, 0.15) is 0 Å². The second-order valence-electron chi connectivity index (χ2n) is 6.37. The Hall–Kier alpha value is -2.86. The molecule has 0 aliphatic heterocycles. The predicted octanol–water partition coefficient (Wildman–Crippen LogP) is 3.44. The fraction of sp³-hybridized carbons (Fsp3) is 0.286. The summed E-state index contributed by atoms with van der Waals surface area (Å²) in [7, 11) is 0. The van der Waals surface area contributed by atoms with Gasteiger partial charge >= 0.3 is 5.97 Å².